The minimum atomic E-state index is -0.423. The van der Waals surface area contributed by atoms with Gasteiger partial charge in [0.15, 0.2) is 5.75 Å². The highest BCUT2D eigenvalue weighted by molar-refractivity contribution is 6.38. The zero-order chi connectivity index (χ0) is 20.5. The zero-order valence-electron chi connectivity index (χ0n) is 15.0. The third kappa shape index (κ3) is 3.87. The fourth-order valence-electron chi connectivity index (χ4n) is 2.79. The van der Waals surface area contributed by atoms with E-state index in [4.69, 9.17) is 39.5 Å². The molecule has 4 rings (SSSR count). The molecule has 146 valence electrons. The van der Waals surface area contributed by atoms with Crippen molar-refractivity contribution in [2.24, 2.45) is 0 Å². The van der Waals surface area contributed by atoms with Crippen LogP contribution in [0.15, 0.2) is 54.6 Å². The topological polar surface area (TPSA) is 69.0 Å². The molecule has 0 radical (unpaired) electrons. The molecule has 6 nitrogen and oxygen atoms in total. The summed E-state index contributed by atoms with van der Waals surface area (Å²) >= 11 is 18.6. The maximum Gasteiger partial charge on any atom is 0.255 e. The SMILES string of the molecule is COc1c(Cl)cc(C(=O)Nc2cc3nn(-c4ccccc4)nc3cc2Cl)cc1Cl. The Morgan fingerprint density at radius 1 is 0.931 bits per heavy atom. The van der Waals surface area contributed by atoms with Crippen LogP contribution in [0.25, 0.3) is 16.7 Å². The molecule has 0 aliphatic carbocycles. The maximum atomic E-state index is 12.7. The molecule has 0 aliphatic heterocycles. The predicted molar refractivity (Wildman–Crippen MR) is 115 cm³/mol. The van der Waals surface area contributed by atoms with Gasteiger partial charge in [-0.15, -0.1) is 10.2 Å². The molecular weight excluding hydrogens is 435 g/mol. The van der Waals surface area contributed by atoms with Crippen LogP contribution in [0.3, 0.4) is 0 Å². The fourth-order valence-corrected chi connectivity index (χ4v) is 3.64. The van der Waals surface area contributed by atoms with Crippen LogP contribution in [-0.4, -0.2) is 28.0 Å². The van der Waals surface area contributed by atoms with Crippen molar-refractivity contribution in [3.05, 3.63) is 75.2 Å². The highest BCUT2D eigenvalue weighted by atomic mass is 35.5. The Balaban J connectivity index is 1.66. The monoisotopic (exact) mass is 446 g/mol. The van der Waals surface area contributed by atoms with Crippen LogP contribution >= 0.6 is 34.8 Å². The number of methoxy groups -OCH3 is 1. The van der Waals surface area contributed by atoms with Gasteiger partial charge < -0.3 is 10.1 Å². The lowest BCUT2D eigenvalue weighted by Gasteiger charge is -2.10. The summed E-state index contributed by atoms with van der Waals surface area (Å²) in [5.41, 5.74) is 2.66. The van der Waals surface area contributed by atoms with Crippen LogP contribution in [0.2, 0.25) is 15.1 Å². The van der Waals surface area contributed by atoms with Gasteiger partial charge in [-0.2, -0.15) is 4.80 Å². The first-order valence-electron chi connectivity index (χ1n) is 8.42. The van der Waals surface area contributed by atoms with Gasteiger partial charge >= 0.3 is 0 Å². The first kappa shape index (κ1) is 19.5. The molecule has 0 unspecified atom stereocenters. The molecule has 9 heteroatoms. The molecule has 0 atom stereocenters. The number of benzene rings is 3. The Morgan fingerprint density at radius 3 is 2.17 bits per heavy atom. The van der Waals surface area contributed by atoms with Gasteiger partial charge in [0.05, 0.1) is 33.6 Å². The lowest BCUT2D eigenvalue weighted by Crippen LogP contribution is -2.12. The van der Waals surface area contributed by atoms with E-state index >= 15 is 0 Å². The normalized spacial score (nSPS) is 10.9. The van der Waals surface area contributed by atoms with E-state index in [1.165, 1.54) is 24.0 Å². The number of nitrogens with zero attached hydrogens (tertiary/aromatic N) is 3. The van der Waals surface area contributed by atoms with Crippen LogP contribution in [0.1, 0.15) is 10.4 Å². The van der Waals surface area contributed by atoms with Crippen LogP contribution in [-0.2, 0) is 0 Å². The number of para-hydroxylation sites is 1. The quantitative estimate of drug-likeness (QED) is 0.439. The third-order valence-corrected chi connectivity index (χ3v) is 5.04. The van der Waals surface area contributed by atoms with Gasteiger partial charge in [-0.05, 0) is 36.4 Å². The summed E-state index contributed by atoms with van der Waals surface area (Å²) in [6.45, 7) is 0. The van der Waals surface area contributed by atoms with Gasteiger partial charge in [0.25, 0.3) is 5.91 Å². The smallest absolute Gasteiger partial charge is 0.255 e. The molecule has 0 aliphatic rings. The molecule has 4 aromatic rings. The second-order valence-electron chi connectivity index (χ2n) is 6.07. The molecule has 1 N–H and O–H groups in total. The van der Waals surface area contributed by atoms with Gasteiger partial charge in [0.2, 0.25) is 0 Å². The largest absolute Gasteiger partial charge is 0.494 e. The van der Waals surface area contributed by atoms with Crippen molar-refractivity contribution >= 4 is 57.4 Å². The van der Waals surface area contributed by atoms with Crippen molar-refractivity contribution in [2.45, 2.75) is 0 Å². The Kier molecular flexibility index (Phi) is 5.32. The molecule has 1 heterocycles. The Labute approximate surface area is 180 Å². The molecule has 0 bridgehead atoms. The van der Waals surface area contributed by atoms with E-state index in [9.17, 15) is 4.79 Å². The third-order valence-electron chi connectivity index (χ3n) is 4.17. The summed E-state index contributed by atoms with van der Waals surface area (Å²) in [6, 6.07) is 15.7. The van der Waals surface area contributed by atoms with Crippen LogP contribution in [0.5, 0.6) is 5.75 Å². The number of carbonyl (C=O) groups is 1. The number of anilines is 1. The first-order chi connectivity index (χ1) is 14.0. The molecule has 0 saturated heterocycles. The summed E-state index contributed by atoms with van der Waals surface area (Å²) in [6.07, 6.45) is 0. The van der Waals surface area contributed by atoms with Gasteiger partial charge in [0.1, 0.15) is 11.0 Å². The standard InChI is InChI=1S/C20H13Cl3N4O2/c1-29-19-14(22)7-11(8-15(19)23)20(28)24-16-10-18-17(9-13(16)21)25-27(26-18)12-5-3-2-4-6-12/h2-10H,1H3,(H,24,28). The molecule has 0 saturated carbocycles. The van der Waals surface area contributed by atoms with E-state index in [2.05, 4.69) is 15.5 Å². The first-order valence-corrected chi connectivity index (χ1v) is 9.56. The average Bonchev–Trinajstić information content (AvgIpc) is 3.11. The number of ether oxygens (including phenoxy) is 1. The molecule has 0 fully saturated rings. The minimum absolute atomic E-state index is 0.234. The van der Waals surface area contributed by atoms with Crippen molar-refractivity contribution in [3.63, 3.8) is 0 Å². The zero-order valence-corrected chi connectivity index (χ0v) is 17.3. The van der Waals surface area contributed by atoms with Crippen molar-refractivity contribution in [1.29, 1.82) is 0 Å². The van der Waals surface area contributed by atoms with Crippen LogP contribution < -0.4 is 10.1 Å². The Morgan fingerprint density at radius 2 is 1.55 bits per heavy atom. The summed E-state index contributed by atoms with van der Waals surface area (Å²) in [4.78, 5) is 14.2. The highest BCUT2D eigenvalue weighted by Crippen LogP contribution is 2.34. The van der Waals surface area contributed by atoms with Crippen LogP contribution in [0.4, 0.5) is 5.69 Å². The molecule has 1 amide bonds. The van der Waals surface area contributed by atoms with Crippen LogP contribution in [0, 0.1) is 0 Å². The van der Waals surface area contributed by atoms with E-state index in [0.717, 1.165) is 5.69 Å². The minimum Gasteiger partial charge on any atom is -0.494 e. The summed E-state index contributed by atoms with van der Waals surface area (Å²) in [5, 5.41) is 12.4. The fraction of sp³-hybridized carbons (Fsp3) is 0.0500. The van der Waals surface area contributed by atoms with E-state index in [1.54, 1.807) is 12.1 Å². The number of nitrogens with one attached hydrogen (secondary N) is 1. The van der Waals surface area contributed by atoms with E-state index < -0.39 is 5.91 Å². The Hall–Kier alpha value is -2.80. The Bertz CT molecular complexity index is 1200. The second kappa shape index (κ2) is 7.91. The number of fused-ring (bicyclic) bond motifs is 1. The number of hydrogen-bond acceptors (Lipinski definition) is 4. The number of halogens is 3. The van der Waals surface area contributed by atoms with Crippen molar-refractivity contribution < 1.29 is 9.53 Å². The highest BCUT2D eigenvalue weighted by Gasteiger charge is 2.16. The summed E-state index contributed by atoms with van der Waals surface area (Å²) in [7, 11) is 1.45. The molecule has 3 aromatic carbocycles. The predicted octanol–water partition coefficient (Wildman–Crippen LogP) is 5.64. The van der Waals surface area contributed by atoms with Crippen molar-refractivity contribution in [3.8, 4) is 11.4 Å². The average molecular weight is 448 g/mol. The number of hydrogen-bond donors (Lipinski definition) is 1. The lowest BCUT2D eigenvalue weighted by molar-refractivity contribution is 0.102. The molecule has 29 heavy (non-hydrogen) atoms. The number of aromatic nitrogens is 3. The summed E-state index contributed by atoms with van der Waals surface area (Å²) < 4.78 is 5.10. The molecule has 0 spiro atoms. The number of rotatable bonds is 4. The van der Waals surface area contributed by atoms with Crippen molar-refractivity contribution in [2.75, 3.05) is 12.4 Å². The van der Waals surface area contributed by atoms with Gasteiger partial charge in [-0.3, -0.25) is 4.79 Å². The van der Waals surface area contributed by atoms with Gasteiger partial charge in [-0.1, -0.05) is 53.0 Å². The van der Waals surface area contributed by atoms with Gasteiger partial charge in [0, 0.05) is 5.56 Å². The number of amides is 1. The molecular formula is C20H13Cl3N4O2. The number of carbonyl (C=O) groups excluding carboxylic acids is 1. The van der Waals surface area contributed by atoms with E-state index in [-0.39, 0.29) is 15.6 Å². The molecule has 1 aromatic heterocycles. The maximum absolute atomic E-state index is 12.7. The van der Waals surface area contributed by atoms with Crippen molar-refractivity contribution in [1.82, 2.24) is 15.0 Å². The summed E-state index contributed by atoms with van der Waals surface area (Å²) in [5.74, 6) is -0.116. The second-order valence-corrected chi connectivity index (χ2v) is 7.29. The van der Waals surface area contributed by atoms with Gasteiger partial charge in [-0.25, -0.2) is 0 Å². The van der Waals surface area contributed by atoms with E-state index in [0.29, 0.717) is 27.5 Å². The van der Waals surface area contributed by atoms with E-state index in [1.807, 2.05) is 30.3 Å². The lowest BCUT2D eigenvalue weighted by atomic mass is 10.2.